The molecule has 150 valence electrons. The fourth-order valence-corrected chi connectivity index (χ4v) is 1.25. The SMILES string of the molecule is CN1CCOC(C)(C)C1.F[B-](F)(F)F.F[B-](F)(F)F.F[B-](F)(F)F. The molecule has 1 aliphatic rings. The smallest absolute Gasteiger partial charge is 0.418 e. The Labute approximate surface area is 130 Å². The summed E-state index contributed by atoms with van der Waals surface area (Å²) in [6.45, 7) is 7.26. The van der Waals surface area contributed by atoms with Crippen LogP contribution < -0.4 is 0 Å². The van der Waals surface area contributed by atoms with E-state index in [2.05, 4.69) is 25.8 Å². The van der Waals surface area contributed by atoms with E-state index in [0.29, 0.717) is 0 Å². The van der Waals surface area contributed by atoms with Crippen LogP contribution in [0.4, 0.5) is 51.8 Å². The summed E-state index contributed by atoms with van der Waals surface area (Å²) in [5.74, 6) is 0. The van der Waals surface area contributed by atoms with Crippen molar-refractivity contribution in [3.8, 4) is 0 Å². The molecule has 0 aliphatic carbocycles. The van der Waals surface area contributed by atoms with Crippen LogP contribution in [0.5, 0.6) is 0 Å². The Hall–Kier alpha value is -0.725. The minimum absolute atomic E-state index is 0.0764. The first-order valence-corrected chi connectivity index (χ1v) is 6.04. The molecule has 0 aromatic heterocycles. The van der Waals surface area contributed by atoms with E-state index < -0.39 is 21.8 Å². The van der Waals surface area contributed by atoms with Crippen LogP contribution in [0.1, 0.15) is 13.8 Å². The maximum Gasteiger partial charge on any atom is 0.673 e. The average molecular weight is 390 g/mol. The van der Waals surface area contributed by atoms with Crippen molar-refractivity contribution in [1.82, 2.24) is 4.90 Å². The van der Waals surface area contributed by atoms with Crippen molar-refractivity contribution in [3.63, 3.8) is 0 Å². The first-order valence-electron chi connectivity index (χ1n) is 6.04. The normalized spacial score (nSPS) is 18.1. The van der Waals surface area contributed by atoms with Crippen molar-refractivity contribution in [2.75, 3.05) is 26.7 Å². The Balaban J connectivity index is -0.000000259. The quantitative estimate of drug-likeness (QED) is 0.442. The van der Waals surface area contributed by atoms with Gasteiger partial charge in [0.05, 0.1) is 12.2 Å². The monoisotopic (exact) mass is 390 g/mol. The Kier molecular flexibility index (Phi) is 12.9. The van der Waals surface area contributed by atoms with Crippen LogP contribution in [0, 0.1) is 0 Å². The van der Waals surface area contributed by atoms with E-state index in [1.807, 2.05) is 0 Å². The van der Waals surface area contributed by atoms with Gasteiger partial charge in [-0.3, -0.25) is 0 Å². The molecule has 0 aromatic carbocycles. The standard InChI is InChI=1S/C7H15NO.3BF4/c1-7(2)6-8(3)4-5-9-7;3*2-1(3,4)5/h4-6H2,1-3H3;;;/q;3*-1. The van der Waals surface area contributed by atoms with Crippen molar-refractivity contribution in [1.29, 1.82) is 0 Å². The van der Waals surface area contributed by atoms with Gasteiger partial charge >= 0.3 is 21.8 Å². The van der Waals surface area contributed by atoms with Crippen molar-refractivity contribution in [2.24, 2.45) is 0 Å². The molecule has 0 aromatic rings. The summed E-state index contributed by atoms with van der Waals surface area (Å²) in [5.41, 5.74) is 0.0764. The summed E-state index contributed by atoms with van der Waals surface area (Å²) in [4.78, 5) is 2.30. The van der Waals surface area contributed by atoms with Crippen LogP contribution in [-0.2, 0) is 4.74 Å². The van der Waals surface area contributed by atoms with E-state index in [1.54, 1.807) is 0 Å². The molecule has 0 saturated carbocycles. The van der Waals surface area contributed by atoms with E-state index in [9.17, 15) is 51.8 Å². The number of rotatable bonds is 0. The Morgan fingerprint density at radius 2 is 0.958 bits per heavy atom. The molecule has 0 bridgehead atoms. The van der Waals surface area contributed by atoms with E-state index in [1.165, 1.54) is 0 Å². The lowest BCUT2D eigenvalue weighted by atomic mass is 10.1. The predicted molar refractivity (Wildman–Crippen MR) is 68.1 cm³/mol. The van der Waals surface area contributed by atoms with Crippen LogP contribution in [0.25, 0.3) is 0 Å². The van der Waals surface area contributed by atoms with Gasteiger partial charge in [0.25, 0.3) is 0 Å². The number of likely N-dealkylation sites (N-methyl/N-ethyl adjacent to an activating group) is 1. The van der Waals surface area contributed by atoms with Gasteiger partial charge in [-0.15, -0.1) is 0 Å². The van der Waals surface area contributed by atoms with Gasteiger partial charge in [-0.1, -0.05) is 0 Å². The number of morpholine rings is 1. The Morgan fingerprint density at radius 1 is 0.708 bits per heavy atom. The molecule has 1 fully saturated rings. The van der Waals surface area contributed by atoms with Gasteiger partial charge in [0.1, 0.15) is 0 Å². The predicted octanol–water partition coefficient (Wildman–Crippen LogP) is 4.63. The van der Waals surface area contributed by atoms with Crippen molar-refractivity contribution in [3.05, 3.63) is 0 Å². The van der Waals surface area contributed by atoms with E-state index in [4.69, 9.17) is 4.74 Å². The van der Waals surface area contributed by atoms with Gasteiger partial charge < -0.3 is 61.4 Å². The molecule has 1 rings (SSSR count). The average Bonchev–Trinajstić information content (AvgIpc) is 2.04. The second-order valence-corrected chi connectivity index (χ2v) is 4.83. The van der Waals surface area contributed by atoms with Crippen molar-refractivity contribution >= 4 is 21.8 Å². The lowest BCUT2D eigenvalue weighted by Crippen LogP contribution is -2.46. The largest absolute Gasteiger partial charge is 0.673 e. The zero-order valence-corrected chi connectivity index (χ0v) is 12.7. The maximum absolute atomic E-state index is 9.75. The Bertz CT molecular complexity index is 271. The van der Waals surface area contributed by atoms with Crippen molar-refractivity contribution in [2.45, 2.75) is 19.4 Å². The number of ether oxygens (including phenoxy) is 1. The second-order valence-electron chi connectivity index (χ2n) is 4.83. The van der Waals surface area contributed by atoms with Gasteiger partial charge in [-0.25, -0.2) is 0 Å². The molecule has 1 saturated heterocycles. The van der Waals surface area contributed by atoms with Gasteiger partial charge in [0.15, 0.2) is 0 Å². The highest BCUT2D eigenvalue weighted by Crippen LogP contribution is 2.14. The van der Waals surface area contributed by atoms with Crippen LogP contribution in [-0.4, -0.2) is 59.0 Å². The minimum atomic E-state index is -6.00. The van der Waals surface area contributed by atoms with Crippen LogP contribution in [0.2, 0.25) is 0 Å². The Morgan fingerprint density at radius 3 is 1.08 bits per heavy atom. The molecule has 24 heavy (non-hydrogen) atoms. The maximum atomic E-state index is 9.75. The number of halogens is 12. The molecule has 2 nitrogen and oxygen atoms in total. The lowest BCUT2D eigenvalue weighted by molar-refractivity contribution is -0.0789. The number of nitrogens with zero attached hydrogens (tertiary/aromatic N) is 1. The van der Waals surface area contributed by atoms with E-state index >= 15 is 0 Å². The lowest BCUT2D eigenvalue weighted by Gasteiger charge is -2.35. The summed E-state index contributed by atoms with van der Waals surface area (Å²) < 4.78 is 122. The minimum Gasteiger partial charge on any atom is -0.418 e. The summed E-state index contributed by atoms with van der Waals surface area (Å²) in [6, 6.07) is 0. The molecule has 0 unspecified atom stereocenters. The van der Waals surface area contributed by atoms with Crippen LogP contribution in [0.3, 0.4) is 0 Å². The highest BCUT2D eigenvalue weighted by molar-refractivity contribution is 6.50. The van der Waals surface area contributed by atoms with E-state index in [-0.39, 0.29) is 5.60 Å². The molecule has 0 atom stereocenters. The second kappa shape index (κ2) is 11.0. The third kappa shape index (κ3) is 68.8. The number of hydrogen-bond donors (Lipinski definition) is 0. The van der Waals surface area contributed by atoms with Gasteiger partial charge in [-0.05, 0) is 20.9 Å². The highest BCUT2D eigenvalue weighted by atomic mass is 19.5. The van der Waals surface area contributed by atoms with E-state index in [0.717, 1.165) is 19.7 Å². The zero-order chi connectivity index (χ0) is 20.4. The molecule has 0 N–H and O–H groups in total. The fraction of sp³-hybridized carbons (Fsp3) is 1.00. The molecule has 0 spiro atoms. The summed E-state index contributed by atoms with van der Waals surface area (Å²) in [6.07, 6.45) is 0. The number of hydrogen-bond acceptors (Lipinski definition) is 2. The molecule has 1 heterocycles. The summed E-state index contributed by atoms with van der Waals surface area (Å²) >= 11 is 0. The topological polar surface area (TPSA) is 12.5 Å². The fourth-order valence-electron chi connectivity index (χ4n) is 1.25. The van der Waals surface area contributed by atoms with Gasteiger partial charge in [0.2, 0.25) is 0 Å². The summed E-state index contributed by atoms with van der Waals surface area (Å²) in [7, 11) is -15.9. The van der Waals surface area contributed by atoms with Crippen LogP contribution >= 0.6 is 0 Å². The highest BCUT2D eigenvalue weighted by Gasteiger charge is 2.24. The van der Waals surface area contributed by atoms with Gasteiger partial charge in [0, 0.05) is 13.1 Å². The van der Waals surface area contributed by atoms with Crippen LogP contribution in [0.15, 0.2) is 0 Å². The zero-order valence-electron chi connectivity index (χ0n) is 12.7. The molecular weight excluding hydrogens is 374 g/mol. The first kappa shape index (κ1) is 28.1. The first-order chi connectivity index (χ1) is 10.1. The molecule has 17 heteroatoms. The third-order valence-corrected chi connectivity index (χ3v) is 1.62. The molecule has 0 amide bonds. The van der Waals surface area contributed by atoms with Crippen molar-refractivity contribution < 1.29 is 56.5 Å². The van der Waals surface area contributed by atoms with Gasteiger partial charge in [-0.2, -0.15) is 0 Å². The molecular formula is C7H15B3F12NO-3. The third-order valence-electron chi connectivity index (χ3n) is 1.62. The molecule has 1 aliphatic heterocycles. The summed E-state index contributed by atoms with van der Waals surface area (Å²) in [5, 5.41) is 0. The molecule has 0 radical (unpaired) electrons.